The van der Waals surface area contributed by atoms with Gasteiger partial charge in [0.15, 0.2) is 0 Å². The maximum Gasteiger partial charge on any atom is 0.422 e. The van der Waals surface area contributed by atoms with Gasteiger partial charge in [0.25, 0.3) is 0 Å². The number of carbonyl (C=O) groups is 2. The number of carbonyl (C=O) groups excluding carboxylic acids is 2. The lowest BCUT2D eigenvalue weighted by molar-refractivity contribution is -0.146. The van der Waals surface area contributed by atoms with Crippen LogP contribution in [-0.2, 0) is 14.3 Å². The molecule has 0 aromatic heterocycles. The summed E-state index contributed by atoms with van der Waals surface area (Å²) in [6.07, 6.45) is 2.73. The Morgan fingerprint density at radius 1 is 1.11 bits per heavy atom. The van der Waals surface area contributed by atoms with Crippen LogP contribution in [0, 0.1) is 5.92 Å². The van der Waals surface area contributed by atoms with Crippen molar-refractivity contribution in [3.8, 4) is 0 Å². The van der Waals surface area contributed by atoms with E-state index in [2.05, 4.69) is 10.9 Å². The minimum absolute atomic E-state index is 0.00965. The van der Waals surface area contributed by atoms with Crippen LogP contribution in [0.15, 0.2) is 0 Å². The minimum Gasteiger partial charge on any atom is -0.469 e. The zero-order chi connectivity index (χ0) is 14.5. The number of methoxy groups -OCH3 is 1. The highest BCUT2D eigenvalue weighted by molar-refractivity contribution is 5.72. The van der Waals surface area contributed by atoms with Gasteiger partial charge in [-0.25, -0.2) is 10.2 Å². The van der Waals surface area contributed by atoms with E-state index in [1.165, 1.54) is 7.11 Å². The van der Waals surface area contributed by atoms with Crippen molar-refractivity contribution in [2.75, 3.05) is 7.11 Å². The van der Waals surface area contributed by atoms with E-state index in [-0.39, 0.29) is 17.9 Å². The third-order valence-electron chi connectivity index (χ3n) is 3.04. The smallest absolute Gasteiger partial charge is 0.422 e. The summed E-state index contributed by atoms with van der Waals surface area (Å²) >= 11 is 0. The third kappa shape index (κ3) is 5.92. The van der Waals surface area contributed by atoms with Gasteiger partial charge in [-0.3, -0.25) is 10.2 Å². The third-order valence-corrected chi connectivity index (χ3v) is 3.04. The molecule has 0 unspecified atom stereocenters. The average molecular weight is 272 g/mol. The van der Waals surface area contributed by atoms with Gasteiger partial charge in [-0.1, -0.05) is 0 Å². The van der Waals surface area contributed by atoms with Crippen LogP contribution >= 0.6 is 0 Å². The van der Waals surface area contributed by atoms with E-state index in [9.17, 15) is 9.59 Å². The molecule has 2 N–H and O–H groups in total. The van der Waals surface area contributed by atoms with Gasteiger partial charge in [0.05, 0.1) is 13.0 Å². The Hall–Kier alpha value is -1.30. The fourth-order valence-corrected chi connectivity index (χ4v) is 2.10. The molecule has 0 radical (unpaired) electrons. The number of esters is 1. The van der Waals surface area contributed by atoms with Crippen LogP contribution in [0.2, 0.25) is 0 Å². The lowest BCUT2D eigenvalue weighted by Crippen LogP contribution is -2.47. The lowest BCUT2D eigenvalue weighted by atomic mass is 9.86. The predicted molar refractivity (Wildman–Crippen MR) is 70.3 cm³/mol. The van der Waals surface area contributed by atoms with Gasteiger partial charge in [-0.2, -0.15) is 0 Å². The number of hydrazine groups is 1. The van der Waals surface area contributed by atoms with Crippen molar-refractivity contribution in [1.82, 2.24) is 10.9 Å². The quantitative estimate of drug-likeness (QED) is 0.604. The second-order valence-electron chi connectivity index (χ2n) is 5.84. The molecule has 0 atom stereocenters. The van der Waals surface area contributed by atoms with E-state index >= 15 is 0 Å². The highest BCUT2D eigenvalue weighted by Gasteiger charge is 2.27. The lowest BCUT2D eigenvalue weighted by Gasteiger charge is -2.28. The van der Waals surface area contributed by atoms with Gasteiger partial charge < -0.3 is 9.47 Å². The molecular formula is C13H24N2O4. The molecule has 0 aromatic rings. The normalized spacial score (nSPS) is 23.6. The van der Waals surface area contributed by atoms with E-state index in [0.717, 1.165) is 25.7 Å². The molecule has 19 heavy (non-hydrogen) atoms. The number of hydrogen-bond donors (Lipinski definition) is 2. The first-order chi connectivity index (χ1) is 8.81. The second-order valence-corrected chi connectivity index (χ2v) is 5.84. The maximum atomic E-state index is 11.5. The summed E-state index contributed by atoms with van der Waals surface area (Å²) in [5.74, 6) is -0.150. The molecule has 1 fully saturated rings. The summed E-state index contributed by atoms with van der Waals surface area (Å²) in [5.41, 5.74) is 4.98. The van der Waals surface area contributed by atoms with Crippen molar-refractivity contribution < 1.29 is 19.1 Å². The molecule has 1 amide bonds. The Morgan fingerprint density at radius 3 is 2.16 bits per heavy atom. The Kier molecular flexibility index (Phi) is 5.60. The van der Waals surface area contributed by atoms with Crippen LogP contribution in [-0.4, -0.2) is 30.8 Å². The maximum absolute atomic E-state index is 11.5. The Bertz CT molecular complexity index is 317. The first-order valence-electron chi connectivity index (χ1n) is 6.64. The number of amides is 1. The summed E-state index contributed by atoms with van der Waals surface area (Å²) in [5, 5.41) is 0. The fraction of sp³-hybridized carbons (Fsp3) is 0.846. The number of rotatable bonds is 3. The second kappa shape index (κ2) is 6.75. The molecule has 110 valence electrons. The van der Waals surface area contributed by atoms with Gasteiger partial charge in [0, 0.05) is 6.04 Å². The van der Waals surface area contributed by atoms with Crippen molar-refractivity contribution in [2.24, 2.45) is 5.92 Å². The van der Waals surface area contributed by atoms with Gasteiger partial charge in [0.1, 0.15) is 5.60 Å². The summed E-state index contributed by atoms with van der Waals surface area (Å²) in [6, 6.07) is 0.174. The number of hydrogen-bond acceptors (Lipinski definition) is 5. The molecule has 1 aliphatic carbocycles. The monoisotopic (exact) mass is 272 g/mol. The first kappa shape index (κ1) is 15.8. The van der Waals surface area contributed by atoms with Gasteiger partial charge in [-0.15, -0.1) is 0 Å². The Labute approximate surface area is 114 Å². The minimum atomic E-state index is -0.506. The van der Waals surface area contributed by atoms with Crippen LogP contribution < -0.4 is 10.9 Å². The van der Waals surface area contributed by atoms with Crippen LogP contribution in [0.25, 0.3) is 0 Å². The Morgan fingerprint density at radius 2 is 1.68 bits per heavy atom. The van der Waals surface area contributed by atoms with Gasteiger partial charge >= 0.3 is 12.1 Å². The Balaban J connectivity index is 2.23. The molecule has 1 saturated carbocycles. The topological polar surface area (TPSA) is 76.7 Å². The van der Waals surface area contributed by atoms with Crippen molar-refractivity contribution in [3.05, 3.63) is 0 Å². The van der Waals surface area contributed by atoms with E-state index in [1.807, 2.05) is 20.8 Å². The van der Waals surface area contributed by atoms with Crippen molar-refractivity contribution >= 4 is 12.1 Å². The van der Waals surface area contributed by atoms with E-state index in [1.54, 1.807) is 0 Å². The van der Waals surface area contributed by atoms with Crippen LogP contribution in [0.5, 0.6) is 0 Å². The molecule has 0 heterocycles. The fourth-order valence-electron chi connectivity index (χ4n) is 2.10. The summed E-state index contributed by atoms with van der Waals surface area (Å²) in [4.78, 5) is 22.8. The van der Waals surface area contributed by atoms with Crippen molar-refractivity contribution in [2.45, 2.75) is 58.1 Å². The molecule has 6 nitrogen and oxygen atoms in total. The van der Waals surface area contributed by atoms with Crippen molar-refractivity contribution in [3.63, 3.8) is 0 Å². The average Bonchev–Trinajstić information content (AvgIpc) is 2.34. The van der Waals surface area contributed by atoms with E-state index < -0.39 is 11.7 Å². The summed E-state index contributed by atoms with van der Waals surface area (Å²) < 4.78 is 9.85. The van der Waals surface area contributed by atoms with Crippen LogP contribution in [0.3, 0.4) is 0 Å². The van der Waals surface area contributed by atoms with Gasteiger partial charge in [0.2, 0.25) is 0 Å². The van der Waals surface area contributed by atoms with Crippen molar-refractivity contribution in [1.29, 1.82) is 0 Å². The predicted octanol–water partition coefficient (Wildman–Crippen LogP) is 1.75. The molecule has 0 bridgehead atoms. The molecule has 1 aliphatic rings. The molecule has 1 rings (SSSR count). The summed E-state index contributed by atoms with van der Waals surface area (Å²) in [6.45, 7) is 5.44. The van der Waals surface area contributed by atoms with Gasteiger partial charge in [-0.05, 0) is 46.5 Å². The summed E-state index contributed by atoms with van der Waals surface area (Å²) in [7, 11) is 1.41. The molecule has 0 spiro atoms. The molecule has 6 heteroatoms. The molecule has 0 saturated heterocycles. The van der Waals surface area contributed by atoms with Crippen LogP contribution in [0.1, 0.15) is 46.5 Å². The van der Waals surface area contributed by atoms with E-state index in [0.29, 0.717) is 0 Å². The largest absolute Gasteiger partial charge is 0.469 e. The number of ether oxygens (including phenoxy) is 2. The molecular weight excluding hydrogens is 248 g/mol. The van der Waals surface area contributed by atoms with E-state index in [4.69, 9.17) is 9.47 Å². The molecule has 0 aromatic carbocycles. The molecule has 0 aliphatic heterocycles. The first-order valence-corrected chi connectivity index (χ1v) is 6.64. The highest BCUT2D eigenvalue weighted by Crippen LogP contribution is 2.24. The highest BCUT2D eigenvalue weighted by atomic mass is 16.6. The zero-order valence-electron chi connectivity index (χ0n) is 12.1. The zero-order valence-corrected chi connectivity index (χ0v) is 12.1. The van der Waals surface area contributed by atoms with Crippen LogP contribution in [0.4, 0.5) is 4.79 Å². The SMILES string of the molecule is COC(=O)[C@H]1CC[C@H](NNC(=O)OC(C)(C)C)CC1. The standard InChI is InChI=1S/C13H24N2O4/c1-13(2,3)19-12(17)15-14-10-7-5-9(6-8-10)11(16)18-4/h9-10,14H,5-8H2,1-4H3,(H,15,17)/t9-,10-. The number of nitrogens with one attached hydrogen (secondary N) is 2.